The molecule has 0 aromatic heterocycles. The van der Waals surface area contributed by atoms with Crippen LogP contribution in [0.15, 0.2) is 120 Å². The molecular weight excluding hydrogens is 512 g/mol. The summed E-state index contributed by atoms with van der Waals surface area (Å²) in [5, 5.41) is 18.7. The van der Waals surface area contributed by atoms with E-state index in [0.29, 0.717) is 0 Å². The van der Waals surface area contributed by atoms with Gasteiger partial charge in [0.25, 0.3) is 0 Å². The third-order valence-electron chi connectivity index (χ3n) is 8.43. The third kappa shape index (κ3) is 2.48. The minimum absolute atomic E-state index is 1.16. The molecule has 0 atom stereocenters. The lowest BCUT2D eigenvalue weighted by Crippen LogP contribution is -1.84. The van der Waals surface area contributed by atoms with E-state index in [1.165, 1.54) is 86.5 Å². The van der Waals surface area contributed by atoms with Crippen LogP contribution in [0.5, 0.6) is 0 Å². The van der Waals surface area contributed by atoms with E-state index < -0.39 is 0 Å². The first kappa shape index (κ1) is 19.9. The van der Waals surface area contributed by atoms with Gasteiger partial charge >= 0.3 is 0 Å². The molecule has 37 heavy (non-hydrogen) atoms. The van der Waals surface area contributed by atoms with Crippen LogP contribution in [0.1, 0.15) is 0 Å². The summed E-state index contributed by atoms with van der Waals surface area (Å²) < 4.78 is 1.16. The van der Waals surface area contributed by atoms with Crippen molar-refractivity contribution in [3.8, 4) is 11.1 Å². The largest absolute Gasteiger partial charge is 0.0616 e. The van der Waals surface area contributed by atoms with Gasteiger partial charge in [-0.3, -0.25) is 0 Å². The molecule has 0 spiro atoms. The number of halogens is 1. The highest BCUT2D eigenvalue weighted by Crippen LogP contribution is 2.47. The molecule has 0 aliphatic heterocycles. The summed E-state index contributed by atoms with van der Waals surface area (Å²) in [6.45, 7) is 0. The molecule has 1 heteroatoms. The monoisotopic (exact) mass is 530 g/mol. The summed E-state index contributed by atoms with van der Waals surface area (Å²) >= 11 is 3.77. The molecule has 0 aliphatic carbocycles. The van der Waals surface area contributed by atoms with E-state index in [0.717, 1.165) is 4.47 Å². The lowest BCUT2D eigenvalue weighted by Gasteiger charge is -2.11. The minimum atomic E-state index is 1.16. The fourth-order valence-corrected chi connectivity index (χ4v) is 7.32. The quantitative estimate of drug-likeness (QED) is 0.198. The Morgan fingerprint density at radius 3 is 1.57 bits per heavy atom. The summed E-state index contributed by atoms with van der Waals surface area (Å²) in [6.07, 6.45) is 0. The first-order chi connectivity index (χ1) is 18.3. The Labute approximate surface area is 221 Å². The summed E-state index contributed by atoms with van der Waals surface area (Å²) in [6, 6.07) is 42.9. The highest BCUT2D eigenvalue weighted by molar-refractivity contribution is 9.10. The average Bonchev–Trinajstić information content (AvgIpc) is 3.44. The van der Waals surface area contributed by atoms with Crippen LogP contribution in [-0.2, 0) is 0 Å². The van der Waals surface area contributed by atoms with Gasteiger partial charge in [-0.15, -0.1) is 0 Å². The van der Waals surface area contributed by atoms with E-state index in [2.05, 4.69) is 131 Å². The van der Waals surface area contributed by atoms with Gasteiger partial charge in [-0.25, -0.2) is 0 Å². The first-order valence-electron chi connectivity index (χ1n) is 12.7. The highest BCUT2D eigenvalue weighted by atomic mass is 79.9. The number of hydrogen-bond acceptors (Lipinski definition) is 0. The van der Waals surface area contributed by atoms with Gasteiger partial charge in [-0.1, -0.05) is 113 Å². The number of benzene rings is 7. The van der Waals surface area contributed by atoms with Gasteiger partial charge in [-0.2, -0.15) is 0 Å². The van der Waals surface area contributed by atoms with E-state index >= 15 is 0 Å². The molecule has 0 aliphatic rings. The zero-order chi connectivity index (χ0) is 24.2. The summed E-state index contributed by atoms with van der Waals surface area (Å²) in [5.41, 5.74) is 2.60. The Morgan fingerprint density at radius 2 is 0.811 bits per heavy atom. The predicted octanol–water partition coefficient (Wildman–Crippen LogP) is 11.1. The van der Waals surface area contributed by atoms with Crippen LogP contribution in [0, 0.1) is 0 Å². The molecule has 0 N–H and O–H groups in total. The van der Waals surface area contributed by atoms with Crippen LogP contribution in [0.2, 0.25) is 0 Å². The molecule has 170 valence electrons. The topological polar surface area (TPSA) is 0 Å². The van der Waals surface area contributed by atoms with Crippen molar-refractivity contribution in [1.82, 2.24) is 0 Å². The lowest BCUT2D eigenvalue weighted by molar-refractivity contribution is 1.71. The van der Waals surface area contributed by atoms with Crippen molar-refractivity contribution in [1.29, 1.82) is 0 Å². The summed E-state index contributed by atoms with van der Waals surface area (Å²) in [5.74, 6) is 0. The van der Waals surface area contributed by atoms with Crippen LogP contribution in [0.25, 0.3) is 86.5 Å². The van der Waals surface area contributed by atoms with E-state index in [9.17, 15) is 0 Å². The second-order valence-electron chi connectivity index (χ2n) is 10.2. The maximum absolute atomic E-state index is 3.77. The van der Waals surface area contributed by atoms with Crippen LogP contribution >= 0.6 is 15.9 Å². The SMILES string of the molecule is Brc1ccc2c3cc4c(cc3c3cccc1c32)c1cccc2c(-c3cccc5ccccc35)ccc4c21. The lowest BCUT2D eigenvalue weighted by atomic mass is 9.93. The van der Waals surface area contributed by atoms with E-state index in [1.807, 2.05) is 0 Å². The second-order valence-corrected chi connectivity index (χ2v) is 11.0. The molecule has 0 saturated carbocycles. The Morgan fingerprint density at radius 1 is 0.324 bits per heavy atom. The minimum Gasteiger partial charge on any atom is -0.0616 e. The first-order valence-corrected chi connectivity index (χ1v) is 13.5. The summed E-state index contributed by atoms with van der Waals surface area (Å²) in [4.78, 5) is 0. The zero-order valence-corrected chi connectivity index (χ0v) is 21.4. The fraction of sp³-hybridized carbons (Fsp3) is 0. The van der Waals surface area contributed by atoms with Gasteiger partial charge in [0, 0.05) is 4.47 Å². The average molecular weight is 531 g/mol. The van der Waals surface area contributed by atoms with Crippen molar-refractivity contribution in [2.24, 2.45) is 0 Å². The maximum Gasteiger partial charge on any atom is 0.0254 e. The van der Waals surface area contributed by atoms with Crippen LogP contribution in [-0.4, -0.2) is 0 Å². The summed E-state index contributed by atoms with van der Waals surface area (Å²) in [7, 11) is 0. The van der Waals surface area contributed by atoms with E-state index in [1.54, 1.807) is 0 Å². The normalized spacial score (nSPS) is 12.5. The number of rotatable bonds is 1. The molecule has 0 nitrogen and oxygen atoms in total. The van der Waals surface area contributed by atoms with E-state index in [-0.39, 0.29) is 0 Å². The smallest absolute Gasteiger partial charge is 0.0254 e. The van der Waals surface area contributed by atoms with Gasteiger partial charge in [0.15, 0.2) is 0 Å². The van der Waals surface area contributed by atoms with Gasteiger partial charge < -0.3 is 0 Å². The molecule has 0 amide bonds. The molecule has 0 saturated heterocycles. The molecule has 9 aromatic carbocycles. The number of fused-ring (bicyclic) bond motifs is 7. The molecule has 9 aromatic rings. The van der Waals surface area contributed by atoms with Crippen molar-refractivity contribution >= 4 is 91.3 Å². The molecule has 0 heterocycles. The maximum atomic E-state index is 3.77. The van der Waals surface area contributed by atoms with Gasteiger partial charge in [0.05, 0.1) is 0 Å². The Hall–Kier alpha value is -4.20. The van der Waals surface area contributed by atoms with Gasteiger partial charge in [0.2, 0.25) is 0 Å². The van der Waals surface area contributed by atoms with Crippen LogP contribution in [0.4, 0.5) is 0 Å². The predicted molar refractivity (Wildman–Crippen MR) is 164 cm³/mol. The molecule has 0 bridgehead atoms. The van der Waals surface area contributed by atoms with Crippen molar-refractivity contribution < 1.29 is 0 Å². The molecular formula is C36H19Br. The Balaban J connectivity index is 1.44. The van der Waals surface area contributed by atoms with Gasteiger partial charge in [0.1, 0.15) is 0 Å². The highest BCUT2D eigenvalue weighted by Gasteiger charge is 2.19. The van der Waals surface area contributed by atoms with Crippen molar-refractivity contribution in [3.63, 3.8) is 0 Å². The van der Waals surface area contributed by atoms with E-state index in [4.69, 9.17) is 0 Å². The molecule has 0 radical (unpaired) electrons. The fourth-order valence-electron chi connectivity index (χ4n) is 6.86. The van der Waals surface area contributed by atoms with Crippen molar-refractivity contribution in [2.45, 2.75) is 0 Å². The number of hydrogen-bond donors (Lipinski definition) is 0. The molecule has 0 unspecified atom stereocenters. The Kier molecular flexibility index (Phi) is 3.75. The second kappa shape index (κ2) is 6.97. The van der Waals surface area contributed by atoms with Crippen molar-refractivity contribution in [2.75, 3.05) is 0 Å². The Bertz CT molecular complexity index is 2300. The van der Waals surface area contributed by atoms with Gasteiger partial charge in [-0.05, 0) is 105 Å². The van der Waals surface area contributed by atoms with Crippen LogP contribution < -0.4 is 0 Å². The standard InChI is InChI=1S/C36H19Br/c37-34-17-16-28-33-19-32-27-15-14-23(22-9-3-7-20-6-1-2-8-21(20)22)24-10-4-11-25(35(24)27)30(32)18-31(33)26-12-5-13-29(34)36(26)28/h1-19H. The molecule has 9 rings (SSSR count). The molecule has 0 fully saturated rings. The van der Waals surface area contributed by atoms with Crippen LogP contribution in [0.3, 0.4) is 0 Å². The van der Waals surface area contributed by atoms with Crippen molar-refractivity contribution in [3.05, 3.63) is 120 Å². The zero-order valence-electron chi connectivity index (χ0n) is 19.8. The third-order valence-corrected chi connectivity index (χ3v) is 9.12.